The highest BCUT2D eigenvalue weighted by Gasteiger charge is 2.05. The molecule has 3 heteroatoms. The van der Waals surface area contributed by atoms with Crippen molar-refractivity contribution >= 4 is 10.9 Å². The van der Waals surface area contributed by atoms with E-state index in [2.05, 4.69) is 43.2 Å². The van der Waals surface area contributed by atoms with Crippen LogP contribution in [0.1, 0.15) is 33.6 Å². The molecule has 0 bridgehead atoms. The van der Waals surface area contributed by atoms with Gasteiger partial charge in [0.05, 0.1) is 17.8 Å². The zero-order valence-electron chi connectivity index (χ0n) is 12.6. The summed E-state index contributed by atoms with van der Waals surface area (Å²) in [7, 11) is 0. The Labute approximate surface area is 121 Å². The Bertz CT molecular complexity index is 539. The summed E-state index contributed by atoms with van der Waals surface area (Å²) in [5.74, 6) is 0.855. The summed E-state index contributed by atoms with van der Waals surface area (Å²) < 4.78 is 5.94. The van der Waals surface area contributed by atoms with Gasteiger partial charge in [0.25, 0.3) is 0 Å². The van der Waals surface area contributed by atoms with Gasteiger partial charge in [-0.3, -0.25) is 4.98 Å². The predicted molar refractivity (Wildman–Crippen MR) is 84.2 cm³/mol. The maximum atomic E-state index is 5.94. The molecule has 0 amide bonds. The van der Waals surface area contributed by atoms with Gasteiger partial charge in [-0.05, 0) is 38.4 Å². The molecule has 1 aromatic heterocycles. The number of ether oxygens (including phenoxy) is 1. The van der Waals surface area contributed by atoms with Crippen molar-refractivity contribution in [2.75, 3.05) is 6.54 Å². The molecule has 108 valence electrons. The van der Waals surface area contributed by atoms with Crippen LogP contribution in [0.3, 0.4) is 0 Å². The van der Waals surface area contributed by atoms with Gasteiger partial charge in [-0.1, -0.05) is 32.0 Å². The van der Waals surface area contributed by atoms with E-state index in [1.807, 2.05) is 24.4 Å². The van der Waals surface area contributed by atoms with Crippen LogP contribution in [0.25, 0.3) is 10.9 Å². The summed E-state index contributed by atoms with van der Waals surface area (Å²) >= 11 is 0. The number of hydrogen-bond donors (Lipinski definition) is 1. The molecule has 0 spiro atoms. The van der Waals surface area contributed by atoms with Gasteiger partial charge < -0.3 is 10.1 Å². The van der Waals surface area contributed by atoms with Crippen LogP contribution in [-0.4, -0.2) is 23.7 Å². The number of fused-ring (bicyclic) bond motifs is 1. The molecule has 0 saturated carbocycles. The highest BCUT2D eigenvalue weighted by Crippen LogP contribution is 2.19. The van der Waals surface area contributed by atoms with Crippen molar-refractivity contribution in [2.45, 2.75) is 45.8 Å². The molecule has 1 N–H and O–H groups in total. The second-order valence-corrected chi connectivity index (χ2v) is 5.54. The summed E-state index contributed by atoms with van der Waals surface area (Å²) in [4.78, 5) is 4.42. The van der Waals surface area contributed by atoms with Crippen molar-refractivity contribution in [3.05, 3.63) is 36.5 Å². The van der Waals surface area contributed by atoms with Crippen molar-refractivity contribution in [2.24, 2.45) is 0 Å². The minimum atomic E-state index is 0.215. The first-order valence-corrected chi connectivity index (χ1v) is 7.40. The number of nitrogens with one attached hydrogen (secondary N) is 1. The summed E-state index contributed by atoms with van der Waals surface area (Å²) in [6.45, 7) is 7.49. The van der Waals surface area contributed by atoms with Crippen LogP contribution in [0.5, 0.6) is 5.75 Å². The van der Waals surface area contributed by atoms with Gasteiger partial charge in [0.1, 0.15) is 5.75 Å². The fraction of sp³-hybridized carbons (Fsp3) is 0.471. The topological polar surface area (TPSA) is 34.1 Å². The van der Waals surface area contributed by atoms with Crippen LogP contribution in [0.4, 0.5) is 0 Å². The standard InChI is InChI=1S/C17H24N2O/c1-13(2)18-10-6-7-14(3)20-16-11-15-8-4-5-9-17(15)19-12-16/h4-5,8-9,11-14,18H,6-7,10H2,1-3H3. The Morgan fingerprint density at radius 1 is 1.20 bits per heavy atom. The van der Waals surface area contributed by atoms with Gasteiger partial charge in [-0.25, -0.2) is 0 Å². The monoisotopic (exact) mass is 272 g/mol. The molecule has 0 aliphatic carbocycles. The third-order valence-electron chi connectivity index (χ3n) is 3.24. The van der Waals surface area contributed by atoms with Crippen LogP contribution in [0.15, 0.2) is 36.5 Å². The lowest BCUT2D eigenvalue weighted by Gasteiger charge is -2.15. The summed E-state index contributed by atoms with van der Waals surface area (Å²) in [6.07, 6.45) is 4.20. The molecule has 2 rings (SSSR count). The zero-order chi connectivity index (χ0) is 14.4. The molecule has 0 aliphatic heterocycles. The molecule has 0 fully saturated rings. The predicted octanol–water partition coefficient (Wildman–Crippen LogP) is 3.78. The Morgan fingerprint density at radius 2 is 2.00 bits per heavy atom. The largest absolute Gasteiger partial charge is 0.489 e. The lowest BCUT2D eigenvalue weighted by atomic mass is 10.2. The maximum absolute atomic E-state index is 5.94. The number of aromatic nitrogens is 1. The van der Waals surface area contributed by atoms with Crippen LogP contribution in [0, 0.1) is 0 Å². The van der Waals surface area contributed by atoms with Crippen LogP contribution >= 0.6 is 0 Å². The van der Waals surface area contributed by atoms with Crippen LogP contribution in [0.2, 0.25) is 0 Å². The van der Waals surface area contributed by atoms with E-state index in [1.54, 1.807) is 0 Å². The number of benzene rings is 1. The lowest BCUT2D eigenvalue weighted by molar-refractivity contribution is 0.206. The van der Waals surface area contributed by atoms with Crippen molar-refractivity contribution in [1.82, 2.24) is 10.3 Å². The quantitative estimate of drug-likeness (QED) is 0.779. The van der Waals surface area contributed by atoms with E-state index in [-0.39, 0.29) is 6.10 Å². The van der Waals surface area contributed by atoms with Crippen molar-refractivity contribution in [3.8, 4) is 5.75 Å². The molecular formula is C17H24N2O. The van der Waals surface area contributed by atoms with E-state index in [9.17, 15) is 0 Å². The molecule has 0 saturated heterocycles. The van der Waals surface area contributed by atoms with Gasteiger partial charge in [-0.2, -0.15) is 0 Å². The van der Waals surface area contributed by atoms with E-state index in [0.717, 1.165) is 36.0 Å². The smallest absolute Gasteiger partial charge is 0.138 e. The molecule has 1 unspecified atom stereocenters. The van der Waals surface area contributed by atoms with Crippen LogP contribution < -0.4 is 10.1 Å². The molecule has 2 aromatic rings. The molecular weight excluding hydrogens is 248 g/mol. The van der Waals surface area contributed by atoms with E-state index in [1.165, 1.54) is 0 Å². The molecule has 3 nitrogen and oxygen atoms in total. The van der Waals surface area contributed by atoms with E-state index in [0.29, 0.717) is 6.04 Å². The zero-order valence-corrected chi connectivity index (χ0v) is 12.6. The van der Waals surface area contributed by atoms with Crippen molar-refractivity contribution in [3.63, 3.8) is 0 Å². The average molecular weight is 272 g/mol. The summed E-state index contributed by atoms with van der Waals surface area (Å²) in [5.41, 5.74) is 1.01. The minimum Gasteiger partial charge on any atom is -0.489 e. The number of nitrogens with zero attached hydrogens (tertiary/aromatic N) is 1. The van der Waals surface area contributed by atoms with Gasteiger partial charge in [-0.15, -0.1) is 0 Å². The fourth-order valence-electron chi connectivity index (χ4n) is 2.19. The van der Waals surface area contributed by atoms with E-state index in [4.69, 9.17) is 4.74 Å². The molecule has 1 aromatic carbocycles. The molecule has 0 aliphatic rings. The third-order valence-corrected chi connectivity index (χ3v) is 3.24. The molecule has 0 radical (unpaired) electrons. The van der Waals surface area contributed by atoms with Gasteiger partial charge in [0.15, 0.2) is 0 Å². The fourth-order valence-corrected chi connectivity index (χ4v) is 2.19. The Kier molecular flexibility index (Phi) is 5.36. The Balaban J connectivity index is 1.84. The first kappa shape index (κ1) is 14.8. The average Bonchev–Trinajstić information content (AvgIpc) is 2.43. The van der Waals surface area contributed by atoms with E-state index < -0.39 is 0 Å². The number of para-hydroxylation sites is 1. The number of rotatable bonds is 7. The van der Waals surface area contributed by atoms with E-state index >= 15 is 0 Å². The summed E-state index contributed by atoms with van der Waals surface area (Å²) in [5, 5.41) is 4.54. The molecule has 1 heterocycles. The second-order valence-electron chi connectivity index (χ2n) is 5.54. The minimum absolute atomic E-state index is 0.215. The summed E-state index contributed by atoms with van der Waals surface area (Å²) in [6, 6.07) is 10.7. The molecule has 1 atom stereocenters. The third kappa shape index (κ3) is 4.49. The first-order chi connectivity index (χ1) is 9.65. The normalized spacial score (nSPS) is 12.8. The van der Waals surface area contributed by atoms with Gasteiger partial charge in [0.2, 0.25) is 0 Å². The second kappa shape index (κ2) is 7.25. The van der Waals surface area contributed by atoms with Gasteiger partial charge in [0, 0.05) is 11.4 Å². The first-order valence-electron chi connectivity index (χ1n) is 7.40. The van der Waals surface area contributed by atoms with Gasteiger partial charge >= 0.3 is 0 Å². The highest BCUT2D eigenvalue weighted by atomic mass is 16.5. The van der Waals surface area contributed by atoms with Crippen molar-refractivity contribution < 1.29 is 4.74 Å². The highest BCUT2D eigenvalue weighted by molar-refractivity contribution is 5.79. The number of hydrogen-bond acceptors (Lipinski definition) is 3. The maximum Gasteiger partial charge on any atom is 0.138 e. The van der Waals surface area contributed by atoms with Crippen LogP contribution in [-0.2, 0) is 0 Å². The molecule has 20 heavy (non-hydrogen) atoms. The Morgan fingerprint density at radius 3 is 2.80 bits per heavy atom. The lowest BCUT2D eigenvalue weighted by Crippen LogP contribution is -2.25. The Hall–Kier alpha value is -1.61. The van der Waals surface area contributed by atoms with Crippen molar-refractivity contribution in [1.29, 1.82) is 0 Å². The number of pyridine rings is 1. The SMILES string of the molecule is CC(C)NCCCC(C)Oc1cnc2ccccc2c1.